The molecule has 4 aliphatic rings. The number of hydrogen-bond donors (Lipinski definition) is 4. The van der Waals surface area contributed by atoms with Crippen molar-refractivity contribution in [1.29, 1.82) is 0 Å². The second kappa shape index (κ2) is 14.9. The number of sulfone groups is 1. The van der Waals surface area contributed by atoms with Gasteiger partial charge < -0.3 is 26.2 Å². The van der Waals surface area contributed by atoms with Gasteiger partial charge in [-0.15, -0.1) is 0 Å². The van der Waals surface area contributed by atoms with Crippen LogP contribution in [0.15, 0.2) is 0 Å². The van der Waals surface area contributed by atoms with Crippen molar-refractivity contribution < 1.29 is 32.4 Å². The third-order valence-electron chi connectivity index (χ3n) is 11.1. The Hall–Kier alpha value is -2.70. The first-order valence-corrected chi connectivity index (χ1v) is 20.1. The number of carbonyl (C=O) groups is 5. The van der Waals surface area contributed by atoms with Crippen LogP contribution in [0.25, 0.3) is 0 Å². The Balaban J connectivity index is 1.52. The van der Waals surface area contributed by atoms with Gasteiger partial charge in [-0.3, -0.25) is 19.2 Å². The van der Waals surface area contributed by atoms with Gasteiger partial charge in [0.05, 0.1) is 22.1 Å². The van der Waals surface area contributed by atoms with Crippen molar-refractivity contribution in [3.05, 3.63) is 0 Å². The minimum atomic E-state index is -3.56. The Morgan fingerprint density at radius 1 is 0.878 bits per heavy atom. The number of carbonyl (C=O) groups excluding carboxylic acids is 5. The van der Waals surface area contributed by atoms with Crippen molar-refractivity contribution in [1.82, 2.24) is 26.2 Å². The van der Waals surface area contributed by atoms with E-state index < -0.39 is 73.2 Å². The number of likely N-dealkylation sites (tertiary alicyclic amines) is 1. The lowest BCUT2D eigenvalue weighted by Gasteiger charge is -2.41. The zero-order chi connectivity index (χ0) is 36.5. The van der Waals surface area contributed by atoms with Gasteiger partial charge in [-0.1, -0.05) is 66.7 Å². The largest absolute Gasteiger partial charge is 0.347 e. The molecule has 5 amide bonds. The zero-order valence-corrected chi connectivity index (χ0v) is 31.8. The van der Waals surface area contributed by atoms with E-state index in [1.54, 1.807) is 20.8 Å². The first-order chi connectivity index (χ1) is 22.6. The second-order valence-electron chi connectivity index (χ2n) is 17.6. The molecule has 1 aliphatic heterocycles. The average Bonchev–Trinajstić information content (AvgIpc) is 3.92. The van der Waals surface area contributed by atoms with Gasteiger partial charge in [0.25, 0.3) is 5.91 Å². The van der Waals surface area contributed by atoms with Gasteiger partial charge in [0.15, 0.2) is 9.84 Å². The third kappa shape index (κ3) is 9.97. The molecule has 3 aliphatic carbocycles. The summed E-state index contributed by atoms with van der Waals surface area (Å²) >= 11 is 0. The van der Waals surface area contributed by atoms with Crippen LogP contribution in [0.1, 0.15) is 126 Å². The van der Waals surface area contributed by atoms with E-state index >= 15 is 0 Å². The highest BCUT2D eigenvalue weighted by molar-refractivity contribution is 7.92. The Bertz CT molecular complexity index is 1370. The van der Waals surface area contributed by atoms with Crippen molar-refractivity contribution in [3.63, 3.8) is 0 Å². The quantitative estimate of drug-likeness (QED) is 0.212. The van der Waals surface area contributed by atoms with E-state index in [0.29, 0.717) is 25.2 Å². The summed E-state index contributed by atoms with van der Waals surface area (Å²) in [6, 6.07) is -3.52. The monoisotopic (exact) mass is 707 g/mol. The van der Waals surface area contributed by atoms with Gasteiger partial charge in [-0.2, -0.15) is 0 Å². The Kier molecular flexibility index (Phi) is 11.9. The van der Waals surface area contributed by atoms with Gasteiger partial charge in [-0.05, 0) is 82.5 Å². The van der Waals surface area contributed by atoms with Crippen LogP contribution < -0.4 is 21.3 Å². The lowest BCUT2D eigenvalue weighted by molar-refractivity contribution is -0.144. The van der Waals surface area contributed by atoms with E-state index in [1.165, 1.54) is 4.90 Å². The summed E-state index contributed by atoms with van der Waals surface area (Å²) in [5.41, 5.74) is -1.71. The molecule has 0 spiro atoms. The van der Waals surface area contributed by atoms with E-state index in [1.807, 2.05) is 34.6 Å². The molecular formula is C36H61N5O7S. The van der Waals surface area contributed by atoms with Crippen LogP contribution in [0.3, 0.4) is 0 Å². The highest BCUT2D eigenvalue weighted by Gasteiger charge is 2.49. The van der Waals surface area contributed by atoms with Gasteiger partial charge in [0, 0.05) is 12.6 Å². The Labute approximate surface area is 293 Å². The summed E-state index contributed by atoms with van der Waals surface area (Å²) in [5, 5.41) is 11.5. The van der Waals surface area contributed by atoms with Crippen LogP contribution in [0.4, 0.5) is 4.79 Å². The fourth-order valence-electron chi connectivity index (χ4n) is 7.11. The van der Waals surface area contributed by atoms with Crippen molar-refractivity contribution in [2.24, 2.45) is 23.2 Å². The maximum absolute atomic E-state index is 14.4. The van der Waals surface area contributed by atoms with E-state index in [9.17, 15) is 32.4 Å². The highest BCUT2D eigenvalue weighted by Crippen LogP contribution is 2.36. The van der Waals surface area contributed by atoms with Crippen LogP contribution >= 0.6 is 0 Å². The Morgan fingerprint density at radius 3 is 2.02 bits per heavy atom. The van der Waals surface area contributed by atoms with Gasteiger partial charge >= 0.3 is 6.03 Å². The standard InChI is InChI=1S/C36H61N5O7S/c1-22-20-41(27(23(22)2)30(43)38-26(17-14-24-12-13-24)28(42)31(44)37-25-15-16-25)32(45)29(34(3,4)5)39-33(46)40-36(18-10-9-11-19-36)21-49(47,48)35(6,7)8/h22-27,29H,9-21H2,1-8H3,(H,37,44)(H,38,43)(H2,39,40,46)/t22-,23-,26+,27-,29+/m0/s1. The summed E-state index contributed by atoms with van der Waals surface area (Å²) in [5.74, 6) is -2.23. The summed E-state index contributed by atoms with van der Waals surface area (Å²) in [6.45, 7) is 14.6. The topological polar surface area (TPSA) is 171 Å². The summed E-state index contributed by atoms with van der Waals surface area (Å²) in [6.07, 6.45) is 8.48. The minimum absolute atomic E-state index is 0.00923. The number of nitrogens with one attached hydrogen (secondary N) is 4. The number of amides is 5. The van der Waals surface area contributed by atoms with E-state index in [4.69, 9.17) is 0 Å². The second-order valence-corrected chi connectivity index (χ2v) is 20.3. The molecule has 1 heterocycles. The van der Waals surface area contributed by atoms with Crippen LogP contribution in [0.5, 0.6) is 0 Å². The minimum Gasteiger partial charge on any atom is -0.347 e. The average molecular weight is 708 g/mol. The molecule has 13 heteroatoms. The molecule has 278 valence electrons. The number of hydrogen-bond acceptors (Lipinski definition) is 7. The molecule has 49 heavy (non-hydrogen) atoms. The maximum atomic E-state index is 14.4. The molecule has 4 fully saturated rings. The summed E-state index contributed by atoms with van der Waals surface area (Å²) in [7, 11) is -3.56. The first kappa shape index (κ1) is 39.1. The third-order valence-corrected chi connectivity index (χ3v) is 13.9. The molecule has 0 radical (unpaired) electrons. The number of urea groups is 1. The van der Waals surface area contributed by atoms with Crippen LogP contribution in [-0.4, -0.2) is 89.6 Å². The fourth-order valence-corrected chi connectivity index (χ4v) is 8.63. The molecule has 1 saturated heterocycles. The maximum Gasteiger partial charge on any atom is 0.315 e. The van der Waals surface area contributed by atoms with Crippen molar-refractivity contribution in [2.45, 2.75) is 160 Å². The summed E-state index contributed by atoms with van der Waals surface area (Å²) in [4.78, 5) is 69.6. The predicted octanol–water partition coefficient (Wildman–Crippen LogP) is 3.62. The molecule has 0 aromatic heterocycles. The molecule has 5 atom stereocenters. The fraction of sp³-hybridized carbons (Fsp3) is 0.861. The van der Waals surface area contributed by atoms with Crippen LogP contribution in [-0.2, 0) is 29.0 Å². The molecule has 4 N–H and O–H groups in total. The predicted molar refractivity (Wildman–Crippen MR) is 188 cm³/mol. The highest BCUT2D eigenvalue weighted by atomic mass is 32.2. The normalized spacial score (nSPS) is 25.6. The lowest BCUT2D eigenvalue weighted by Crippen LogP contribution is -2.63. The molecular weight excluding hydrogens is 646 g/mol. The lowest BCUT2D eigenvalue weighted by atomic mass is 9.83. The van der Waals surface area contributed by atoms with Crippen molar-refractivity contribution in [3.8, 4) is 0 Å². The molecule has 12 nitrogen and oxygen atoms in total. The van der Waals surface area contributed by atoms with E-state index in [2.05, 4.69) is 21.3 Å². The number of Topliss-reactive ketones (excluding diaryl/α,β-unsaturated/α-hetero) is 1. The zero-order valence-electron chi connectivity index (χ0n) is 30.9. The van der Waals surface area contributed by atoms with Gasteiger partial charge in [0.1, 0.15) is 12.1 Å². The summed E-state index contributed by atoms with van der Waals surface area (Å²) < 4.78 is 25.6. The molecule has 0 bridgehead atoms. The molecule has 0 aromatic carbocycles. The number of nitrogens with zero attached hydrogens (tertiary/aromatic N) is 1. The number of ketones is 1. The smallest absolute Gasteiger partial charge is 0.315 e. The van der Waals surface area contributed by atoms with Crippen molar-refractivity contribution in [2.75, 3.05) is 12.3 Å². The van der Waals surface area contributed by atoms with Gasteiger partial charge in [0.2, 0.25) is 17.6 Å². The SMILES string of the molecule is C[C@@H]1[C@@H](C(=O)N[C@H](CCC2CC2)C(=O)C(=O)NC2CC2)N(C(=O)[C@@H](NC(=O)NC2(CS(=O)(=O)C(C)(C)C)CCCCC2)C(C)(C)C)C[C@@H]1C. The first-order valence-electron chi connectivity index (χ1n) is 18.4. The van der Waals surface area contributed by atoms with Gasteiger partial charge in [-0.25, -0.2) is 13.2 Å². The molecule has 0 aromatic rings. The molecule has 4 rings (SSSR count). The molecule has 0 unspecified atom stereocenters. The van der Waals surface area contributed by atoms with E-state index in [0.717, 1.165) is 51.4 Å². The van der Waals surface area contributed by atoms with E-state index in [-0.39, 0.29) is 30.2 Å². The van der Waals surface area contributed by atoms with Crippen molar-refractivity contribution >= 4 is 39.4 Å². The van der Waals surface area contributed by atoms with Crippen LogP contribution in [0, 0.1) is 23.2 Å². The number of rotatable bonds is 13. The van der Waals surface area contributed by atoms with Crippen LogP contribution in [0.2, 0.25) is 0 Å². The molecule has 3 saturated carbocycles. The Morgan fingerprint density at radius 2 is 1.49 bits per heavy atom.